The van der Waals surface area contributed by atoms with E-state index in [0.717, 1.165) is 34.4 Å². The third kappa shape index (κ3) is 8.41. The topological polar surface area (TPSA) is 117 Å². The van der Waals surface area contributed by atoms with Crippen LogP contribution in [0.4, 0.5) is 0 Å². The van der Waals surface area contributed by atoms with Crippen molar-refractivity contribution in [3.63, 3.8) is 0 Å². The lowest BCUT2D eigenvalue weighted by Crippen LogP contribution is -2.28. The van der Waals surface area contributed by atoms with E-state index in [-0.39, 0.29) is 0 Å². The van der Waals surface area contributed by atoms with Crippen LogP contribution in [0.25, 0.3) is 15.5 Å². The second-order valence-corrected chi connectivity index (χ2v) is 8.51. The molecule has 0 unspecified atom stereocenters. The summed E-state index contributed by atoms with van der Waals surface area (Å²) in [6, 6.07) is 10.2. The summed E-state index contributed by atoms with van der Waals surface area (Å²) in [5.74, 6) is -2.51. The molecule has 0 amide bonds. The Balaban J connectivity index is 0.000000331. The molecule has 9 nitrogen and oxygen atoms in total. The van der Waals surface area contributed by atoms with Gasteiger partial charge >= 0.3 is 11.9 Å². The third-order valence-electron chi connectivity index (χ3n) is 4.98. The number of carboxylic acids is 2. The van der Waals surface area contributed by atoms with Gasteiger partial charge in [-0.1, -0.05) is 54.5 Å². The van der Waals surface area contributed by atoms with Gasteiger partial charge in [0.25, 0.3) is 0 Å². The molecule has 1 fully saturated rings. The predicted octanol–water partition coefficient (Wildman–Crippen LogP) is 3.56. The van der Waals surface area contributed by atoms with E-state index in [2.05, 4.69) is 27.1 Å². The molecule has 2 aromatic heterocycles. The number of hydrogen-bond donors (Lipinski definition) is 2. The van der Waals surface area contributed by atoms with Gasteiger partial charge in [0.05, 0.1) is 25.1 Å². The maximum Gasteiger partial charge on any atom is 0.328 e. The summed E-state index contributed by atoms with van der Waals surface area (Å²) in [6.45, 7) is 4.79. The van der Waals surface area contributed by atoms with Gasteiger partial charge < -0.3 is 19.8 Å². The molecular formula is C23H28N4O5S. The minimum absolute atomic E-state index is 0.558. The Bertz CT molecular complexity index is 1010. The van der Waals surface area contributed by atoms with E-state index in [1.165, 1.54) is 38.8 Å². The monoisotopic (exact) mass is 472 g/mol. The minimum Gasteiger partial charge on any atom is -0.478 e. The summed E-state index contributed by atoms with van der Waals surface area (Å²) in [5, 5.41) is 21.2. The lowest BCUT2D eigenvalue weighted by Gasteiger charge is -2.19. The summed E-state index contributed by atoms with van der Waals surface area (Å²) < 4.78 is 7.70. The first-order chi connectivity index (χ1) is 16.0. The fraction of sp³-hybridized carbons (Fsp3) is 0.391. The van der Waals surface area contributed by atoms with Crippen molar-refractivity contribution >= 4 is 28.2 Å². The highest BCUT2D eigenvalue weighted by atomic mass is 32.1. The molecule has 176 valence electrons. The number of aromatic nitrogens is 3. The molecule has 3 heterocycles. The minimum atomic E-state index is -1.26. The lowest BCUT2D eigenvalue weighted by atomic mass is 10.2. The largest absolute Gasteiger partial charge is 0.478 e. The number of likely N-dealkylation sites (tertiary alicyclic amines) is 1. The van der Waals surface area contributed by atoms with Crippen LogP contribution in [0.15, 0.2) is 48.7 Å². The molecule has 0 atom stereocenters. The number of fused-ring (bicyclic) bond motifs is 1. The van der Waals surface area contributed by atoms with Crippen LogP contribution in [0.5, 0.6) is 0 Å². The molecule has 33 heavy (non-hydrogen) atoms. The maximum atomic E-state index is 9.55. The standard InChI is InChI=1S/C19H24N4OS.C4H4O4/c1-2-7-11-22(10-6-1)12-13-24-15-17-14-23-19(20-17)25-18(21-23)16-8-4-3-5-9-16;5-3(6)1-2-4(7)8/h3-5,8-9,14H,1-2,6-7,10-13,15H2;1-2H,(H,5,6)(H,7,8). The van der Waals surface area contributed by atoms with Crippen LogP contribution in [0.1, 0.15) is 31.4 Å². The average molecular weight is 473 g/mol. The van der Waals surface area contributed by atoms with Crippen LogP contribution in [0.2, 0.25) is 0 Å². The molecule has 10 heteroatoms. The van der Waals surface area contributed by atoms with Crippen molar-refractivity contribution in [3.05, 3.63) is 54.4 Å². The Morgan fingerprint density at radius 2 is 1.70 bits per heavy atom. The molecule has 3 aromatic rings. The number of carboxylic acid groups (broad SMARTS) is 2. The molecule has 2 N–H and O–H groups in total. The van der Waals surface area contributed by atoms with E-state index in [0.29, 0.717) is 18.8 Å². The van der Waals surface area contributed by atoms with Crippen molar-refractivity contribution in [1.82, 2.24) is 19.5 Å². The van der Waals surface area contributed by atoms with Crippen molar-refractivity contribution in [2.75, 3.05) is 26.2 Å². The Hall–Kier alpha value is -3.08. The van der Waals surface area contributed by atoms with Gasteiger partial charge in [-0.15, -0.1) is 0 Å². The summed E-state index contributed by atoms with van der Waals surface area (Å²) in [4.78, 5) is 27.2. The quantitative estimate of drug-likeness (QED) is 0.377. The van der Waals surface area contributed by atoms with Gasteiger partial charge in [0.2, 0.25) is 4.96 Å². The van der Waals surface area contributed by atoms with E-state index >= 15 is 0 Å². The average Bonchev–Trinajstić information content (AvgIpc) is 3.25. The van der Waals surface area contributed by atoms with Gasteiger partial charge in [-0.2, -0.15) is 5.10 Å². The van der Waals surface area contributed by atoms with Crippen molar-refractivity contribution in [2.45, 2.75) is 32.3 Å². The fourth-order valence-electron chi connectivity index (χ4n) is 3.38. The van der Waals surface area contributed by atoms with Gasteiger partial charge in [-0.3, -0.25) is 0 Å². The van der Waals surface area contributed by atoms with Gasteiger partial charge in [0.1, 0.15) is 5.01 Å². The zero-order valence-electron chi connectivity index (χ0n) is 18.3. The van der Waals surface area contributed by atoms with Crippen LogP contribution >= 0.6 is 11.3 Å². The number of carbonyl (C=O) groups is 2. The van der Waals surface area contributed by atoms with Crippen LogP contribution in [0.3, 0.4) is 0 Å². The highest BCUT2D eigenvalue weighted by Gasteiger charge is 2.11. The highest BCUT2D eigenvalue weighted by molar-refractivity contribution is 7.19. The van der Waals surface area contributed by atoms with E-state index in [4.69, 9.17) is 14.9 Å². The number of benzene rings is 1. The number of imidazole rings is 1. The Labute approximate surface area is 195 Å². The molecule has 0 aliphatic carbocycles. The smallest absolute Gasteiger partial charge is 0.328 e. The zero-order chi connectivity index (χ0) is 23.5. The van der Waals surface area contributed by atoms with E-state index < -0.39 is 11.9 Å². The molecule has 0 saturated carbocycles. The van der Waals surface area contributed by atoms with Crippen LogP contribution < -0.4 is 0 Å². The van der Waals surface area contributed by atoms with Crippen LogP contribution in [0, 0.1) is 0 Å². The molecule has 4 rings (SSSR count). The first kappa shape index (κ1) is 24.6. The van der Waals surface area contributed by atoms with Crippen molar-refractivity contribution in [3.8, 4) is 10.6 Å². The zero-order valence-corrected chi connectivity index (χ0v) is 19.1. The molecular weight excluding hydrogens is 444 g/mol. The maximum absolute atomic E-state index is 9.55. The summed E-state index contributed by atoms with van der Waals surface area (Å²) >= 11 is 1.61. The number of ether oxygens (including phenoxy) is 1. The van der Waals surface area contributed by atoms with Crippen molar-refractivity contribution in [2.24, 2.45) is 0 Å². The van der Waals surface area contributed by atoms with E-state index in [9.17, 15) is 9.59 Å². The number of hydrogen-bond acceptors (Lipinski definition) is 7. The number of aliphatic carboxylic acids is 2. The Morgan fingerprint density at radius 1 is 1.03 bits per heavy atom. The Kier molecular flexibility index (Phi) is 9.55. The summed E-state index contributed by atoms with van der Waals surface area (Å²) in [5.41, 5.74) is 2.09. The highest BCUT2D eigenvalue weighted by Crippen LogP contribution is 2.25. The van der Waals surface area contributed by atoms with Crippen LogP contribution in [-0.2, 0) is 20.9 Å². The molecule has 0 radical (unpaired) electrons. The number of nitrogens with zero attached hydrogens (tertiary/aromatic N) is 4. The second-order valence-electron chi connectivity index (χ2n) is 7.55. The fourth-order valence-corrected chi connectivity index (χ4v) is 4.29. The molecule has 0 bridgehead atoms. The van der Waals surface area contributed by atoms with E-state index in [1.807, 2.05) is 28.9 Å². The van der Waals surface area contributed by atoms with Crippen LogP contribution in [-0.4, -0.2) is 67.9 Å². The van der Waals surface area contributed by atoms with Crippen molar-refractivity contribution in [1.29, 1.82) is 0 Å². The van der Waals surface area contributed by atoms with Gasteiger partial charge in [0, 0.05) is 24.3 Å². The SMILES string of the molecule is O=C(O)C=CC(=O)O.c1ccc(-c2nn3cc(COCCN4CCCCCC4)nc3s2)cc1. The van der Waals surface area contributed by atoms with E-state index in [1.54, 1.807) is 11.3 Å². The van der Waals surface area contributed by atoms with Gasteiger partial charge in [-0.25, -0.2) is 19.1 Å². The molecule has 0 spiro atoms. The lowest BCUT2D eigenvalue weighted by molar-refractivity contribution is -0.134. The normalized spacial score (nSPS) is 14.7. The predicted molar refractivity (Wildman–Crippen MR) is 125 cm³/mol. The first-order valence-corrected chi connectivity index (χ1v) is 11.7. The molecule has 1 aromatic carbocycles. The summed E-state index contributed by atoms with van der Waals surface area (Å²) in [6.07, 6.45) is 8.50. The first-order valence-electron chi connectivity index (χ1n) is 10.9. The Morgan fingerprint density at radius 3 is 2.30 bits per heavy atom. The number of rotatable bonds is 8. The second kappa shape index (κ2) is 12.8. The summed E-state index contributed by atoms with van der Waals surface area (Å²) in [7, 11) is 0. The molecule has 1 aliphatic heterocycles. The van der Waals surface area contributed by atoms with Crippen molar-refractivity contribution < 1.29 is 24.5 Å². The molecule has 1 saturated heterocycles. The molecule has 1 aliphatic rings. The third-order valence-corrected chi connectivity index (χ3v) is 5.95. The van der Waals surface area contributed by atoms with Gasteiger partial charge in [0.15, 0.2) is 0 Å². The van der Waals surface area contributed by atoms with Gasteiger partial charge in [-0.05, 0) is 25.9 Å².